The van der Waals surface area contributed by atoms with Crippen molar-refractivity contribution in [1.82, 2.24) is 0 Å². The maximum Gasteiger partial charge on any atom is 0.129 e. The molecule has 1 N–H and O–H groups in total. The van der Waals surface area contributed by atoms with Crippen LogP contribution >= 0.6 is 0 Å². The van der Waals surface area contributed by atoms with E-state index in [1.807, 2.05) is 0 Å². The Morgan fingerprint density at radius 2 is 1.82 bits per heavy atom. The summed E-state index contributed by atoms with van der Waals surface area (Å²) in [6.07, 6.45) is 7.95. The lowest BCUT2D eigenvalue weighted by molar-refractivity contribution is 0.204. The average molecular weight is 234 g/mol. The molecule has 0 heterocycles. The Kier molecular flexibility index (Phi) is 4.32. The van der Waals surface area contributed by atoms with Crippen LogP contribution in [0.3, 0.4) is 0 Å². The molecule has 0 amide bonds. The number of benzene rings is 1. The molecule has 1 aromatic rings. The highest BCUT2D eigenvalue weighted by Crippen LogP contribution is 2.29. The molecule has 1 aliphatic rings. The number of aliphatic hydroxyl groups is 1. The maximum absolute atomic E-state index is 13.6. The fraction of sp³-hybridized carbons (Fsp3) is 0.467. The number of rotatable bonds is 2. The number of aliphatic hydroxyl groups excluding tert-OH is 1. The van der Waals surface area contributed by atoms with Crippen LogP contribution in [-0.4, -0.2) is 5.11 Å². The van der Waals surface area contributed by atoms with Crippen molar-refractivity contribution in [3.8, 4) is 0 Å². The molecule has 1 atom stereocenters. The SMILES string of the molecule is OC(/C1=C/CCCCCC1)c1ccccc1F. The van der Waals surface area contributed by atoms with Crippen molar-refractivity contribution in [3.05, 3.63) is 47.3 Å². The van der Waals surface area contributed by atoms with E-state index < -0.39 is 6.10 Å². The van der Waals surface area contributed by atoms with Gasteiger partial charge >= 0.3 is 0 Å². The minimum absolute atomic E-state index is 0.317. The second-order valence-electron chi connectivity index (χ2n) is 4.66. The van der Waals surface area contributed by atoms with Gasteiger partial charge in [0, 0.05) is 5.56 Å². The van der Waals surface area contributed by atoms with Crippen LogP contribution in [0.5, 0.6) is 0 Å². The molecule has 17 heavy (non-hydrogen) atoms. The van der Waals surface area contributed by atoms with Crippen molar-refractivity contribution in [2.24, 2.45) is 0 Å². The molecular weight excluding hydrogens is 215 g/mol. The monoisotopic (exact) mass is 234 g/mol. The first-order valence-electron chi connectivity index (χ1n) is 6.40. The van der Waals surface area contributed by atoms with Gasteiger partial charge in [-0.05, 0) is 37.3 Å². The van der Waals surface area contributed by atoms with Crippen LogP contribution in [0.4, 0.5) is 4.39 Å². The predicted octanol–water partition coefficient (Wildman–Crippen LogP) is 4.14. The number of allylic oxidation sites excluding steroid dienone is 1. The molecule has 0 bridgehead atoms. The number of hydrogen-bond donors (Lipinski definition) is 1. The summed E-state index contributed by atoms with van der Waals surface area (Å²) >= 11 is 0. The second-order valence-corrected chi connectivity index (χ2v) is 4.66. The van der Waals surface area contributed by atoms with Crippen LogP contribution in [0, 0.1) is 5.82 Å². The minimum Gasteiger partial charge on any atom is -0.384 e. The van der Waals surface area contributed by atoms with Gasteiger partial charge in [0.2, 0.25) is 0 Å². The van der Waals surface area contributed by atoms with Crippen LogP contribution in [0.15, 0.2) is 35.9 Å². The van der Waals surface area contributed by atoms with E-state index in [1.54, 1.807) is 18.2 Å². The van der Waals surface area contributed by atoms with Crippen molar-refractivity contribution in [1.29, 1.82) is 0 Å². The molecule has 0 aliphatic heterocycles. The highest BCUT2D eigenvalue weighted by Gasteiger charge is 2.17. The maximum atomic E-state index is 13.6. The van der Waals surface area contributed by atoms with Crippen molar-refractivity contribution in [2.45, 2.75) is 44.6 Å². The normalized spacial score (nSPS) is 22.1. The molecule has 92 valence electrons. The molecule has 1 unspecified atom stereocenters. The molecule has 1 aromatic carbocycles. The largest absolute Gasteiger partial charge is 0.384 e. The summed E-state index contributed by atoms with van der Waals surface area (Å²) < 4.78 is 13.6. The Bertz CT molecular complexity index is 398. The molecule has 0 fully saturated rings. The van der Waals surface area contributed by atoms with E-state index in [9.17, 15) is 9.50 Å². The molecule has 0 saturated carbocycles. The summed E-state index contributed by atoms with van der Waals surface area (Å²) in [6.45, 7) is 0. The van der Waals surface area contributed by atoms with Gasteiger partial charge in [0.25, 0.3) is 0 Å². The van der Waals surface area contributed by atoms with Crippen molar-refractivity contribution in [2.75, 3.05) is 0 Å². The third-order valence-electron chi connectivity index (χ3n) is 3.38. The Hall–Kier alpha value is -1.15. The molecule has 0 spiro atoms. The minimum atomic E-state index is -0.769. The van der Waals surface area contributed by atoms with Gasteiger partial charge in [-0.3, -0.25) is 0 Å². The first kappa shape index (κ1) is 12.3. The van der Waals surface area contributed by atoms with E-state index >= 15 is 0 Å². The lowest BCUT2D eigenvalue weighted by Crippen LogP contribution is -2.05. The van der Waals surface area contributed by atoms with Gasteiger partial charge in [0.15, 0.2) is 0 Å². The first-order valence-corrected chi connectivity index (χ1v) is 6.40. The number of halogens is 1. The number of hydrogen-bond acceptors (Lipinski definition) is 1. The Balaban J connectivity index is 2.18. The summed E-state index contributed by atoms with van der Waals surface area (Å²) in [5.41, 5.74) is 1.38. The van der Waals surface area contributed by atoms with Gasteiger partial charge in [-0.1, -0.05) is 37.1 Å². The highest BCUT2D eigenvalue weighted by molar-refractivity contribution is 5.27. The summed E-state index contributed by atoms with van der Waals surface area (Å²) in [4.78, 5) is 0. The van der Waals surface area contributed by atoms with E-state index in [-0.39, 0.29) is 5.82 Å². The fourth-order valence-corrected chi connectivity index (χ4v) is 2.36. The zero-order valence-corrected chi connectivity index (χ0v) is 10.0. The predicted molar refractivity (Wildman–Crippen MR) is 67.1 cm³/mol. The molecule has 1 aliphatic carbocycles. The second kappa shape index (κ2) is 5.97. The van der Waals surface area contributed by atoms with Crippen molar-refractivity contribution in [3.63, 3.8) is 0 Å². The first-order chi connectivity index (χ1) is 8.29. The molecule has 2 rings (SSSR count). The van der Waals surface area contributed by atoms with Crippen LogP contribution in [0.25, 0.3) is 0 Å². The molecule has 1 nitrogen and oxygen atoms in total. The van der Waals surface area contributed by atoms with Gasteiger partial charge in [-0.15, -0.1) is 0 Å². The summed E-state index contributed by atoms with van der Waals surface area (Å²) in [6, 6.07) is 6.49. The van der Waals surface area contributed by atoms with E-state index in [0.29, 0.717) is 5.56 Å². The zero-order chi connectivity index (χ0) is 12.1. The summed E-state index contributed by atoms with van der Waals surface area (Å²) in [7, 11) is 0. The standard InChI is InChI=1S/C15H19FO/c16-14-11-7-6-10-13(14)15(17)12-8-4-2-1-3-5-9-12/h6-8,10-11,15,17H,1-5,9H2/b12-8+. The van der Waals surface area contributed by atoms with Gasteiger partial charge in [0.1, 0.15) is 11.9 Å². The molecule has 2 heteroatoms. The lowest BCUT2D eigenvalue weighted by Gasteiger charge is -2.18. The third-order valence-corrected chi connectivity index (χ3v) is 3.38. The van der Waals surface area contributed by atoms with E-state index in [4.69, 9.17) is 0 Å². The average Bonchev–Trinajstić information content (AvgIpc) is 2.28. The van der Waals surface area contributed by atoms with Crippen LogP contribution in [-0.2, 0) is 0 Å². The Morgan fingerprint density at radius 3 is 2.65 bits per heavy atom. The summed E-state index contributed by atoms with van der Waals surface area (Å²) in [5.74, 6) is -0.317. The van der Waals surface area contributed by atoms with E-state index in [2.05, 4.69) is 6.08 Å². The third kappa shape index (κ3) is 3.16. The van der Waals surface area contributed by atoms with Gasteiger partial charge in [-0.2, -0.15) is 0 Å². The quantitative estimate of drug-likeness (QED) is 0.762. The van der Waals surface area contributed by atoms with Crippen molar-refractivity contribution < 1.29 is 9.50 Å². The summed E-state index contributed by atoms with van der Waals surface area (Å²) in [5, 5.41) is 10.2. The molecule has 0 saturated heterocycles. The van der Waals surface area contributed by atoms with Crippen LogP contribution < -0.4 is 0 Å². The van der Waals surface area contributed by atoms with Gasteiger partial charge in [0.05, 0.1) is 0 Å². The fourth-order valence-electron chi connectivity index (χ4n) is 2.36. The molecule has 0 radical (unpaired) electrons. The lowest BCUT2D eigenvalue weighted by atomic mass is 9.92. The Labute approximate surface area is 102 Å². The highest BCUT2D eigenvalue weighted by atomic mass is 19.1. The Morgan fingerprint density at radius 1 is 1.06 bits per heavy atom. The van der Waals surface area contributed by atoms with E-state index in [0.717, 1.165) is 24.8 Å². The molecule has 0 aromatic heterocycles. The van der Waals surface area contributed by atoms with E-state index in [1.165, 1.54) is 25.3 Å². The topological polar surface area (TPSA) is 20.2 Å². The van der Waals surface area contributed by atoms with Gasteiger partial charge in [-0.25, -0.2) is 4.39 Å². The smallest absolute Gasteiger partial charge is 0.129 e. The molecular formula is C15H19FO. The zero-order valence-electron chi connectivity index (χ0n) is 10.0. The van der Waals surface area contributed by atoms with Crippen LogP contribution in [0.1, 0.15) is 50.2 Å². The van der Waals surface area contributed by atoms with Crippen molar-refractivity contribution >= 4 is 0 Å². The van der Waals surface area contributed by atoms with Crippen LogP contribution in [0.2, 0.25) is 0 Å². The van der Waals surface area contributed by atoms with Gasteiger partial charge < -0.3 is 5.11 Å².